The van der Waals surface area contributed by atoms with Gasteiger partial charge in [-0.25, -0.2) is 0 Å². The molecule has 4 rings (SSSR count). The van der Waals surface area contributed by atoms with Gasteiger partial charge in [-0.15, -0.1) is 0 Å². The van der Waals surface area contributed by atoms with E-state index in [1.165, 1.54) is 44.0 Å². The average Bonchev–Trinajstić information content (AvgIpc) is 2.86. The van der Waals surface area contributed by atoms with Crippen LogP contribution in [0.3, 0.4) is 0 Å². The minimum absolute atomic E-state index is 0.0108. The van der Waals surface area contributed by atoms with Gasteiger partial charge in [0.25, 0.3) is 0 Å². The molecule has 1 N–H and O–H groups in total. The summed E-state index contributed by atoms with van der Waals surface area (Å²) in [4.78, 5) is 0. The van der Waals surface area contributed by atoms with Crippen molar-refractivity contribution in [3.05, 3.63) is 124 Å². The SMILES string of the molecule is Cc1cc(Pc2c(C)cccc2CNCc2ccccc2)c(OCc2ccccc2)c(C(C)(C)C)c1. The zero-order valence-corrected chi connectivity index (χ0v) is 23.2. The van der Waals surface area contributed by atoms with Crippen molar-refractivity contribution in [2.75, 3.05) is 0 Å². The van der Waals surface area contributed by atoms with E-state index in [0.717, 1.165) is 18.8 Å². The monoisotopic (exact) mass is 495 g/mol. The van der Waals surface area contributed by atoms with Crippen molar-refractivity contribution in [3.8, 4) is 5.75 Å². The molecule has 0 bridgehead atoms. The molecule has 2 nitrogen and oxygen atoms in total. The lowest BCUT2D eigenvalue weighted by atomic mass is 9.85. The van der Waals surface area contributed by atoms with E-state index in [0.29, 0.717) is 15.2 Å². The van der Waals surface area contributed by atoms with E-state index in [-0.39, 0.29) is 5.41 Å². The van der Waals surface area contributed by atoms with E-state index < -0.39 is 0 Å². The van der Waals surface area contributed by atoms with Crippen molar-refractivity contribution in [2.45, 2.75) is 59.7 Å². The van der Waals surface area contributed by atoms with Gasteiger partial charge < -0.3 is 10.1 Å². The summed E-state index contributed by atoms with van der Waals surface area (Å²) in [5.41, 5.74) is 7.74. The predicted octanol–water partition coefficient (Wildman–Crippen LogP) is 7.10. The molecule has 0 heterocycles. The van der Waals surface area contributed by atoms with Crippen molar-refractivity contribution >= 4 is 19.2 Å². The lowest BCUT2D eigenvalue weighted by molar-refractivity contribution is 0.300. The van der Waals surface area contributed by atoms with Gasteiger partial charge in [0.15, 0.2) is 0 Å². The van der Waals surface area contributed by atoms with Gasteiger partial charge in [-0.05, 0) is 58.5 Å². The number of hydrogen-bond acceptors (Lipinski definition) is 2. The molecule has 36 heavy (non-hydrogen) atoms. The van der Waals surface area contributed by atoms with Crippen LogP contribution in [0.4, 0.5) is 0 Å². The number of hydrogen-bond donors (Lipinski definition) is 1. The van der Waals surface area contributed by atoms with Crippen LogP contribution in [-0.2, 0) is 25.1 Å². The summed E-state index contributed by atoms with van der Waals surface area (Å²) >= 11 is 0. The maximum absolute atomic E-state index is 6.62. The Morgan fingerprint density at radius 2 is 1.42 bits per heavy atom. The van der Waals surface area contributed by atoms with Crippen molar-refractivity contribution in [2.24, 2.45) is 0 Å². The van der Waals surface area contributed by atoms with E-state index in [4.69, 9.17) is 4.74 Å². The molecule has 0 fully saturated rings. The van der Waals surface area contributed by atoms with Gasteiger partial charge in [0.1, 0.15) is 12.4 Å². The zero-order valence-electron chi connectivity index (χ0n) is 22.2. The average molecular weight is 496 g/mol. The minimum atomic E-state index is -0.0108. The maximum atomic E-state index is 6.62. The summed E-state index contributed by atoms with van der Waals surface area (Å²) in [5, 5.41) is 6.35. The summed E-state index contributed by atoms with van der Waals surface area (Å²) in [6.45, 7) is 13.5. The van der Waals surface area contributed by atoms with Crippen LogP contribution >= 0.6 is 8.58 Å². The molecule has 3 heteroatoms. The first-order valence-corrected chi connectivity index (χ1v) is 13.7. The quantitative estimate of drug-likeness (QED) is 0.250. The normalized spacial score (nSPS) is 11.8. The third-order valence-electron chi connectivity index (χ3n) is 6.37. The Morgan fingerprint density at radius 1 is 0.750 bits per heavy atom. The van der Waals surface area contributed by atoms with Crippen LogP contribution in [0.2, 0.25) is 0 Å². The first-order chi connectivity index (χ1) is 17.3. The Bertz CT molecular complexity index is 1280. The number of nitrogens with one attached hydrogen (secondary N) is 1. The molecule has 4 aromatic carbocycles. The molecule has 0 aliphatic rings. The summed E-state index contributed by atoms with van der Waals surface area (Å²) in [6.07, 6.45) is 0. The highest BCUT2D eigenvalue weighted by Crippen LogP contribution is 2.35. The van der Waals surface area contributed by atoms with Crippen molar-refractivity contribution in [1.29, 1.82) is 0 Å². The third kappa shape index (κ3) is 6.84. The third-order valence-corrected chi connectivity index (χ3v) is 7.98. The Labute approximate surface area is 218 Å². The standard InChI is InChI=1S/C33H38NOP/c1-24-19-29(33(3,4)5)31(35-23-27-16-10-7-11-17-27)30(20-24)36-32-25(2)13-12-18-28(32)22-34-21-26-14-8-6-9-15-26/h6-20,34,36H,21-23H2,1-5H3. The highest BCUT2D eigenvalue weighted by molar-refractivity contribution is 7.56. The van der Waals surface area contributed by atoms with Crippen LogP contribution in [0.5, 0.6) is 5.75 Å². The second-order valence-corrected chi connectivity index (χ2v) is 11.8. The van der Waals surface area contributed by atoms with Crippen LogP contribution in [-0.4, -0.2) is 0 Å². The molecule has 1 unspecified atom stereocenters. The summed E-state index contributed by atoms with van der Waals surface area (Å²) in [6, 6.07) is 32.3. The number of benzene rings is 4. The zero-order chi connectivity index (χ0) is 25.5. The van der Waals surface area contributed by atoms with E-state index in [1.54, 1.807) is 0 Å². The minimum Gasteiger partial charge on any atom is -0.488 e. The summed E-state index contributed by atoms with van der Waals surface area (Å²) in [5.74, 6) is 1.04. The van der Waals surface area contributed by atoms with Gasteiger partial charge in [-0.1, -0.05) is 114 Å². The molecule has 4 aromatic rings. The Kier molecular flexibility index (Phi) is 8.62. The van der Waals surface area contributed by atoms with Crippen molar-refractivity contribution < 1.29 is 4.74 Å². The molecule has 0 radical (unpaired) electrons. The van der Waals surface area contributed by atoms with Gasteiger partial charge >= 0.3 is 0 Å². The van der Waals surface area contributed by atoms with Gasteiger partial charge in [-0.2, -0.15) is 0 Å². The number of ether oxygens (including phenoxy) is 1. The summed E-state index contributed by atoms with van der Waals surface area (Å²) < 4.78 is 6.62. The summed E-state index contributed by atoms with van der Waals surface area (Å²) in [7, 11) is 0.525. The van der Waals surface area contributed by atoms with Gasteiger partial charge in [0.2, 0.25) is 0 Å². The molecule has 0 aliphatic carbocycles. The molecule has 0 amide bonds. The second-order valence-electron chi connectivity index (χ2n) is 10.5. The Morgan fingerprint density at radius 3 is 2.08 bits per heavy atom. The molecule has 186 valence electrons. The smallest absolute Gasteiger partial charge is 0.131 e. The fourth-order valence-electron chi connectivity index (χ4n) is 4.44. The molecule has 0 aliphatic heterocycles. The topological polar surface area (TPSA) is 21.3 Å². The molecule has 1 atom stereocenters. The van der Waals surface area contributed by atoms with Crippen LogP contribution in [0.1, 0.15) is 54.2 Å². The fraction of sp³-hybridized carbons (Fsp3) is 0.273. The first kappa shape index (κ1) is 26.1. The molecular weight excluding hydrogens is 457 g/mol. The number of aryl methyl sites for hydroxylation is 2. The van der Waals surface area contributed by atoms with Crippen LogP contribution in [0.25, 0.3) is 0 Å². The first-order valence-electron chi connectivity index (χ1n) is 12.7. The molecule has 0 saturated heterocycles. The largest absolute Gasteiger partial charge is 0.488 e. The molecule has 0 saturated carbocycles. The second kappa shape index (κ2) is 11.9. The van der Waals surface area contributed by atoms with E-state index in [2.05, 4.69) is 125 Å². The van der Waals surface area contributed by atoms with Crippen LogP contribution in [0.15, 0.2) is 91.0 Å². The molecule has 0 spiro atoms. The fourth-order valence-corrected chi connectivity index (χ4v) is 5.94. The van der Waals surface area contributed by atoms with Gasteiger partial charge in [0, 0.05) is 24.0 Å². The van der Waals surface area contributed by atoms with E-state index in [9.17, 15) is 0 Å². The van der Waals surface area contributed by atoms with Crippen LogP contribution in [0, 0.1) is 13.8 Å². The van der Waals surface area contributed by atoms with Crippen LogP contribution < -0.4 is 20.7 Å². The lowest BCUT2D eigenvalue weighted by Crippen LogP contribution is -2.22. The molecule has 0 aromatic heterocycles. The highest BCUT2D eigenvalue weighted by atomic mass is 31.1. The van der Waals surface area contributed by atoms with E-state index >= 15 is 0 Å². The van der Waals surface area contributed by atoms with E-state index in [1.807, 2.05) is 6.07 Å². The predicted molar refractivity (Wildman–Crippen MR) is 156 cm³/mol. The molecular formula is C33H38NOP. The highest BCUT2D eigenvalue weighted by Gasteiger charge is 2.23. The van der Waals surface area contributed by atoms with Crippen molar-refractivity contribution in [1.82, 2.24) is 5.32 Å². The van der Waals surface area contributed by atoms with Gasteiger partial charge in [0.05, 0.1) is 0 Å². The van der Waals surface area contributed by atoms with Gasteiger partial charge in [-0.3, -0.25) is 0 Å². The van der Waals surface area contributed by atoms with Crippen molar-refractivity contribution in [3.63, 3.8) is 0 Å². The number of rotatable bonds is 9. The Hall–Kier alpha value is -2.93. The lowest BCUT2D eigenvalue weighted by Gasteiger charge is -2.26. The maximum Gasteiger partial charge on any atom is 0.131 e. The Balaban J connectivity index is 1.64.